The molecule has 94 valence electrons. The van der Waals surface area contributed by atoms with Crippen LogP contribution in [-0.4, -0.2) is 38.4 Å². The second-order valence-electron chi connectivity index (χ2n) is 3.95. The molecule has 1 amide bonds. The first-order valence-corrected chi connectivity index (χ1v) is 5.58. The standard InChI is InChI=1S/C12H14N4O2/c1-9(17)6-14-12(18)10-2-4-11(5-3-10)16-8-13-7-15-16/h2-5,7-9,17H,6H2,1H3,(H,14,18). The lowest BCUT2D eigenvalue weighted by atomic mass is 10.2. The SMILES string of the molecule is CC(O)CNC(=O)c1ccc(-n2cncn2)cc1. The average Bonchev–Trinajstić information content (AvgIpc) is 2.90. The monoisotopic (exact) mass is 246 g/mol. The van der Waals surface area contributed by atoms with Crippen LogP contribution in [0.4, 0.5) is 0 Å². The van der Waals surface area contributed by atoms with Crippen LogP contribution >= 0.6 is 0 Å². The van der Waals surface area contributed by atoms with Crippen LogP contribution in [0.3, 0.4) is 0 Å². The molecule has 0 saturated carbocycles. The van der Waals surface area contributed by atoms with Crippen molar-refractivity contribution < 1.29 is 9.90 Å². The minimum Gasteiger partial charge on any atom is -0.392 e. The van der Waals surface area contributed by atoms with Crippen LogP contribution in [0.15, 0.2) is 36.9 Å². The van der Waals surface area contributed by atoms with Crippen LogP contribution in [0.1, 0.15) is 17.3 Å². The third-order valence-electron chi connectivity index (χ3n) is 2.37. The first kappa shape index (κ1) is 12.3. The van der Waals surface area contributed by atoms with Gasteiger partial charge in [-0.25, -0.2) is 9.67 Å². The molecule has 1 aromatic heterocycles. The molecule has 0 bridgehead atoms. The smallest absolute Gasteiger partial charge is 0.251 e. The van der Waals surface area contributed by atoms with Crippen LogP contribution in [-0.2, 0) is 0 Å². The molecular weight excluding hydrogens is 232 g/mol. The van der Waals surface area contributed by atoms with Crippen molar-refractivity contribution in [3.8, 4) is 5.69 Å². The minimum absolute atomic E-state index is 0.207. The molecule has 2 rings (SSSR count). The molecule has 1 heterocycles. The van der Waals surface area contributed by atoms with Crippen molar-refractivity contribution >= 4 is 5.91 Å². The zero-order valence-corrected chi connectivity index (χ0v) is 9.95. The van der Waals surface area contributed by atoms with Gasteiger partial charge in [-0.3, -0.25) is 4.79 Å². The Morgan fingerprint density at radius 3 is 2.72 bits per heavy atom. The second kappa shape index (κ2) is 5.42. The first-order chi connectivity index (χ1) is 8.66. The summed E-state index contributed by atoms with van der Waals surface area (Å²) in [6.07, 6.45) is 2.48. The van der Waals surface area contributed by atoms with E-state index in [0.29, 0.717) is 5.56 Å². The normalized spacial score (nSPS) is 12.1. The Morgan fingerprint density at radius 1 is 1.44 bits per heavy atom. The lowest BCUT2D eigenvalue weighted by Crippen LogP contribution is -2.30. The van der Waals surface area contributed by atoms with Gasteiger partial charge in [-0.1, -0.05) is 0 Å². The van der Waals surface area contributed by atoms with Crippen LogP contribution in [0.5, 0.6) is 0 Å². The zero-order chi connectivity index (χ0) is 13.0. The van der Waals surface area contributed by atoms with E-state index in [0.717, 1.165) is 5.69 Å². The molecule has 2 N–H and O–H groups in total. The number of carbonyl (C=O) groups is 1. The third kappa shape index (κ3) is 2.92. The maximum atomic E-state index is 11.7. The van der Waals surface area contributed by atoms with E-state index in [-0.39, 0.29) is 12.5 Å². The zero-order valence-electron chi connectivity index (χ0n) is 9.95. The summed E-state index contributed by atoms with van der Waals surface area (Å²) in [6, 6.07) is 6.97. The van der Waals surface area contributed by atoms with Gasteiger partial charge in [0.15, 0.2) is 0 Å². The third-order valence-corrected chi connectivity index (χ3v) is 2.37. The Morgan fingerprint density at radius 2 is 2.17 bits per heavy atom. The Bertz CT molecular complexity index is 505. The molecule has 1 aromatic carbocycles. The molecule has 1 unspecified atom stereocenters. The number of nitrogens with zero attached hydrogens (tertiary/aromatic N) is 3. The number of aromatic nitrogens is 3. The Balaban J connectivity index is 2.06. The maximum Gasteiger partial charge on any atom is 0.251 e. The van der Waals surface area contributed by atoms with Crippen molar-refractivity contribution in [3.63, 3.8) is 0 Å². The predicted molar refractivity (Wildman–Crippen MR) is 65.4 cm³/mol. The van der Waals surface area contributed by atoms with Crippen LogP contribution in [0.25, 0.3) is 5.69 Å². The van der Waals surface area contributed by atoms with E-state index in [1.165, 1.54) is 6.33 Å². The molecule has 6 heteroatoms. The largest absolute Gasteiger partial charge is 0.392 e. The molecule has 0 fully saturated rings. The number of carbonyl (C=O) groups excluding carboxylic acids is 1. The summed E-state index contributed by atoms with van der Waals surface area (Å²) < 4.78 is 1.61. The first-order valence-electron chi connectivity index (χ1n) is 5.58. The highest BCUT2D eigenvalue weighted by molar-refractivity contribution is 5.94. The molecule has 18 heavy (non-hydrogen) atoms. The fourth-order valence-electron chi connectivity index (χ4n) is 1.45. The van der Waals surface area contributed by atoms with Gasteiger partial charge in [0.1, 0.15) is 12.7 Å². The van der Waals surface area contributed by atoms with E-state index in [2.05, 4.69) is 15.4 Å². The van der Waals surface area contributed by atoms with Crippen molar-refractivity contribution in [3.05, 3.63) is 42.5 Å². The fraction of sp³-hybridized carbons (Fsp3) is 0.250. The van der Waals surface area contributed by atoms with Crippen LogP contribution in [0.2, 0.25) is 0 Å². The van der Waals surface area contributed by atoms with E-state index in [1.54, 1.807) is 42.2 Å². The minimum atomic E-state index is -0.552. The van der Waals surface area contributed by atoms with Crippen molar-refractivity contribution in [2.24, 2.45) is 0 Å². The van der Waals surface area contributed by atoms with Gasteiger partial charge in [-0.2, -0.15) is 5.10 Å². The van der Waals surface area contributed by atoms with Gasteiger partial charge in [0, 0.05) is 12.1 Å². The van der Waals surface area contributed by atoms with E-state index < -0.39 is 6.10 Å². The number of hydrogen-bond acceptors (Lipinski definition) is 4. The number of amides is 1. The van der Waals surface area contributed by atoms with Gasteiger partial charge in [0.05, 0.1) is 11.8 Å². The highest BCUT2D eigenvalue weighted by atomic mass is 16.3. The maximum absolute atomic E-state index is 11.7. The van der Waals surface area contributed by atoms with Crippen molar-refractivity contribution in [1.82, 2.24) is 20.1 Å². The molecule has 0 spiro atoms. The van der Waals surface area contributed by atoms with Gasteiger partial charge in [0.25, 0.3) is 5.91 Å². The summed E-state index contributed by atoms with van der Waals surface area (Å²) in [6.45, 7) is 1.86. The highest BCUT2D eigenvalue weighted by Crippen LogP contribution is 2.07. The van der Waals surface area contributed by atoms with Gasteiger partial charge in [0.2, 0.25) is 0 Å². The fourth-order valence-corrected chi connectivity index (χ4v) is 1.45. The van der Waals surface area contributed by atoms with Crippen LogP contribution < -0.4 is 5.32 Å². The summed E-state index contributed by atoms with van der Waals surface area (Å²) in [4.78, 5) is 15.5. The van der Waals surface area contributed by atoms with Gasteiger partial charge in [-0.05, 0) is 31.2 Å². The number of aliphatic hydroxyl groups excluding tert-OH is 1. The molecule has 1 atom stereocenters. The molecule has 0 aliphatic carbocycles. The summed E-state index contributed by atoms with van der Waals surface area (Å²) >= 11 is 0. The van der Waals surface area contributed by atoms with Crippen LogP contribution in [0, 0.1) is 0 Å². The molecule has 0 saturated heterocycles. The van der Waals surface area contributed by atoms with E-state index >= 15 is 0 Å². The van der Waals surface area contributed by atoms with Gasteiger partial charge in [-0.15, -0.1) is 0 Å². The highest BCUT2D eigenvalue weighted by Gasteiger charge is 2.06. The second-order valence-corrected chi connectivity index (χ2v) is 3.95. The summed E-state index contributed by atoms with van der Waals surface area (Å²) in [5.41, 5.74) is 1.37. The number of hydrogen-bond donors (Lipinski definition) is 2. The summed E-state index contributed by atoms with van der Waals surface area (Å²) in [5.74, 6) is -0.207. The van der Waals surface area contributed by atoms with Crippen molar-refractivity contribution in [2.45, 2.75) is 13.0 Å². The lowest BCUT2D eigenvalue weighted by molar-refractivity contribution is 0.0924. The van der Waals surface area contributed by atoms with Gasteiger partial charge < -0.3 is 10.4 Å². The number of nitrogens with one attached hydrogen (secondary N) is 1. The number of benzene rings is 1. The Hall–Kier alpha value is -2.21. The van der Waals surface area contributed by atoms with E-state index in [1.807, 2.05) is 0 Å². The number of rotatable bonds is 4. The molecule has 0 aliphatic heterocycles. The van der Waals surface area contributed by atoms with Gasteiger partial charge >= 0.3 is 0 Å². The Kier molecular flexibility index (Phi) is 3.69. The molecule has 0 aliphatic rings. The average molecular weight is 246 g/mol. The molecule has 2 aromatic rings. The molecule has 6 nitrogen and oxygen atoms in total. The quantitative estimate of drug-likeness (QED) is 0.817. The molecular formula is C12H14N4O2. The topological polar surface area (TPSA) is 80.0 Å². The summed E-state index contributed by atoms with van der Waals surface area (Å²) in [5, 5.41) is 15.7. The van der Waals surface area contributed by atoms with Crippen molar-refractivity contribution in [1.29, 1.82) is 0 Å². The van der Waals surface area contributed by atoms with Crippen molar-refractivity contribution in [2.75, 3.05) is 6.54 Å². The van der Waals surface area contributed by atoms with E-state index in [9.17, 15) is 4.79 Å². The Labute approximate surface area is 104 Å². The number of aliphatic hydroxyl groups is 1. The molecule has 0 radical (unpaired) electrons. The lowest BCUT2D eigenvalue weighted by Gasteiger charge is -2.07. The predicted octanol–water partition coefficient (Wildman–Crippen LogP) is 0.378. The van der Waals surface area contributed by atoms with E-state index in [4.69, 9.17) is 5.11 Å². The summed E-state index contributed by atoms with van der Waals surface area (Å²) in [7, 11) is 0.